The number of ketones is 1. The molecule has 0 unspecified atom stereocenters. The number of likely N-dealkylation sites (N-methyl/N-ethyl adjacent to an activating group) is 1. The summed E-state index contributed by atoms with van der Waals surface area (Å²) in [7, 11) is 1.47. The minimum absolute atomic E-state index is 0.183. The molecule has 15 heavy (non-hydrogen) atoms. The minimum atomic E-state index is -1.39. The Morgan fingerprint density at radius 2 is 2.00 bits per heavy atom. The number of rotatable bonds is 3. The molecule has 1 N–H and O–H groups in total. The van der Waals surface area contributed by atoms with Crippen LogP contribution in [0.2, 0.25) is 0 Å². The van der Waals surface area contributed by atoms with Crippen molar-refractivity contribution in [2.75, 3.05) is 13.6 Å². The van der Waals surface area contributed by atoms with Crippen LogP contribution in [0.5, 0.6) is 0 Å². The number of carbonyl (C=O) groups is 1. The molecule has 1 aromatic carbocycles. The Kier molecular flexibility index (Phi) is 3.87. The zero-order chi connectivity index (χ0) is 11.6. The van der Waals surface area contributed by atoms with Gasteiger partial charge < -0.3 is 5.32 Å². The van der Waals surface area contributed by atoms with Crippen LogP contribution in [0, 0.1) is 17.5 Å². The van der Waals surface area contributed by atoms with Crippen molar-refractivity contribution >= 4 is 21.7 Å². The van der Waals surface area contributed by atoms with Gasteiger partial charge in [-0.3, -0.25) is 4.79 Å². The molecule has 0 aliphatic rings. The molecule has 0 aliphatic heterocycles. The van der Waals surface area contributed by atoms with Crippen molar-refractivity contribution in [3.05, 3.63) is 33.6 Å². The molecule has 0 spiro atoms. The lowest BCUT2D eigenvalue weighted by Crippen LogP contribution is -2.20. The molecule has 0 saturated carbocycles. The van der Waals surface area contributed by atoms with Gasteiger partial charge in [-0.05, 0) is 29.0 Å². The first-order valence-electron chi connectivity index (χ1n) is 3.99. The van der Waals surface area contributed by atoms with E-state index >= 15 is 0 Å². The molecule has 0 atom stereocenters. The fourth-order valence-electron chi connectivity index (χ4n) is 1.03. The molecule has 0 aromatic heterocycles. The van der Waals surface area contributed by atoms with Gasteiger partial charge in [0.25, 0.3) is 0 Å². The number of benzene rings is 1. The first-order valence-corrected chi connectivity index (χ1v) is 4.79. The summed E-state index contributed by atoms with van der Waals surface area (Å²) in [5.74, 6) is -4.45. The quantitative estimate of drug-likeness (QED) is 0.523. The van der Waals surface area contributed by atoms with Crippen LogP contribution in [0.3, 0.4) is 0 Å². The average Bonchev–Trinajstić information content (AvgIpc) is 2.20. The lowest BCUT2D eigenvalue weighted by molar-refractivity contribution is 0.0988. The summed E-state index contributed by atoms with van der Waals surface area (Å²) in [6.45, 7) is -0.183. The van der Waals surface area contributed by atoms with Crippen molar-refractivity contribution in [1.82, 2.24) is 5.32 Å². The molecular weight excluding hydrogens is 275 g/mol. The fraction of sp³-hybridized carbons (Fsp3) is 0.222. The zero-order valence-corrected chi connectivity index (χ0v) is 9.29. The van der Waals surface area contributed by atoms with Gasteiger partial charge in [-0.15, -0.1) is 0 Å². The Morgan fingerprint density at radius 3 is 2.53 bits per heavy atom. The van der Waals surface area contributed by atoms with Gasteiger partial charge in [0, 0.05) is 0 Å². The molecule has 0 amide bonds. The summed E-state index contributed by atoms with van der Waals surface area (Å²) >= 11 is 2.54. The average molecular weight is 282 g/mol. The highest BCUT2D eigenvalue weighted by atomic mass is 79.9. The van der Waals surface area contributed by atoms with Gasteiger partial charge in [-0.25, -0.2) is 13.2 Å². The van der Waals surface area contributed by atoms with E-state index in [0.29, 0.717) is 6.07 Å². The number of carbonyl (C=O) groups excluding carboxylic acids is 1. The third-order valence-corrected chi connectivity index (χ3v) is 2.47. The lowest BCUT2D eigenvalue weighted by atomic mass is 10.1. The van der Waals surface area contributed by atoms with E-state index < -0.39 is 33.3 Å². The van der Waals surface area contributed by atoms with Gasteiger partial charge in [-0.1, -0.05) is 0 Å². The van der Waals surface area contributed by atoms with Gasteiger partial charge in [0.2, 0.25) is 0 Å². The lowest BCUT2D eigenvalue weighted by Gasteiger charge is -2.05. The molecule has 0 bridgehead atoms. The second-order valence-electron chi connectivity index (χ2n) is 2.80. The monoisotopic (exact) mass is 281 g/mol. The smallest absolute Gasteiger partial charge is 0.179 e. The van der Waals surface area contributed by atoms with E-state index in [-0.39, 0.29) is 6.54 Å². The predicted octanol–water partition coefficient (Wildman–Crippen LogP) is 2.27. The van der Waals surface area contributed by atoms with Crippen LogP contribution in [0.1, 0.15) is 10.4 Å². The van der Waals surface area contributed by atoms with E-state index in [1.807, 2.05) is 0 Å². The summed E-state index contributed by atoms with van der Waals surface area (Å²) in [6.07, 6.45) is 0. The first kappa shape index (κ1) is 12.2. The van der Waals surface area contributed by atoms with E-state index in [1.165, 1.54) is 7.05 Å². The Balaban J connectivity index is 3.26. The Labute approximate surface area is 92.6 Å². The highest BCUT2D eigenvalue weighted by molar-refractivity contribution is 9.10. The fourth-order valence-corrected chi connectivity index (χ4v) is 1.32. The third-order valence-electron chi connectivity index (χ3n) is 1.74. The molecule has 0 aliphatic carbocycles. The molecule has 0 saturated heterocycles. The van der Waals surface area contributed by atoms with Gasteiger partial charge in [-0.2, -0.15) is 0 Å². The molecule has 1 rings (SSSR count). The van der Waals surface area contributed by atoms with E-state index in [1.54, 1.807) is 0 Å². The summed E-state index contributed by atoms with van der Waals surface area (Å²) in [4.78, 5) is 11.2. The van der Waals surface area contributed by atoms with Crippen LogP contribution in [0.25, 0.3) is 0 Å². The van der Waals surface area contributed by atoms with Crippen molar-refractivity contribution in [2.45, 2.75) is 0 Å². The van der Waals surface area contributed by atoms with E-state index in [0.717, 1.165) is 0 Å². The summed E-state index contributed by atoms with van der Waals surface area (Å²) in [6, 6.07) is 0.669. The highest BCUT2D eigenvalue weighted by Gasteiger charge is 2.20. The van der Waals surface area contributed by atoms with Crippen molar-refractivity contribution in [3.63, 3.8) is 0 Å². The molecule has 0 fully saturated rings. The van der Waals surface area contributed by atoms with Crippen molar-refractivity contribution in [1.29, 1.82) is 0 Å². The number of Topliss-reactive ketones (excluding diaryl/α,β-unsaturated/α-hetero) is 1. The molecule has 1 aromatic rings. The molecule has 0 radical (unpaired) electrons. The van der Waals surface area contributed by atoms with Crippen LogP contribution in [0.4, 0.5) is 13.2 Å². The standard InChI is InChI=1S/C9H7BrF3NO/c1-14-3-6(15)4-2-5(11)7(10)9(13)8(4)12/h2,14H,3H2,1H3. The normalized spacial score (nSPS) is 10.5. The molecule has 2 nitrogen and oxygen atoms in total. The van der Waals surface area contributed by atoms with Crippen LogP contribution < -0.4 is 5.32 Å². The first-order chi connectivity index (χ1) is 6.99. The number of hydrogen-bond acceptors (Lipinski definition) is 2. The second kappa shape index (κ2) is 4.76. The largest absolute Gasteiger partial charge is 0.313 e. The number of hydrogen-bond donors (Lipinski definition) is 1. The SMILES string of the molecule is CNCC(=O)c1cc(F)c(Br)c(F)c1F. The summed E-state index contributed by atoms with van der Waals surface area (Å²) < 4.78 is 38.6. The maximum atomic E-state index is 13.2. The maximum Gasteiger partial charge on any atom is 0.179 e. The van der Waals surface area contributed by atoms with Gasteiger partial charge in [0.05, 0.1) is 16.6 Å². The molecule has 82 valence electrons. The van der Waals surface area contributed by atoms with Gasteiger partial charge in [0.1, 0.15) is 5.82 Å². The van der Waals surface area contributed by atoms with Crippen molar-refractivity contribution < 1.29 is 18.0 Å². The topological polar surface area (TPSA) is 29.1 Å². The highest BCUT2D eigenvalue weighted by Crippen LogP contribution is 2.24. The van der Waals surface area contributed by atoms with E-state index in [2.05, 4.69) is 21.2 Å². The Hall–Kier alpha value is -0.880. The minimum Gasteiger partial charge on any atom is -0.313 e. The van der Waals surface area contributed by atoms with Crippen molar-refractivity contribution in [3.8, 4) is 0 Å². The van der Waals surface area contributed by atoms with Crippen LogP contribution in [-0.4, -0.2) is 19.4 Å². The second-order valence-corrected chi connectivity index (χ2v) is 3.59. The van der Waals surface area contributed by atoms with Crippen LogP contribution >= 0.6 is 15.9 Å². The van der Waals surface area contributed by atoms with Crippen molar-refractivity contribution in [2.24, 2.45) is 0 Å². The Bertz CT molecular complexity index is 409. The van der Waals surface area contributed by atoms with Crippen LogP contribution in [-0.2, 0) is 0 Å². The van der Waals surface area contributed by atoms with Gasteiger partial charge in [0.15, 0.2) is 17.4 Å². The summed E-state index contributed by atoms with van der Waals surface area (Å²) in [5.41, 5.74) is -0.595. The Morgan fingerprint density at radius 1 is 1.40 bits per heavy atom. The molecule has 0 heterocycles. The third kappa shape index (κ3) is 2.38. The van der Waals surface area contributed by atoms with Crippen LogP contribution in [0.15, 0.2) is 10.5 Å². The van der Waals surface area contributed by atoms with E-state index in [4.69, 9.17) is 0 Å². The van der Waals surface area contributed by atoms with Gasteiger partial charge >= 0.3 is 0 Å². The summed E-state index contributed by atoms with van der Waals surface area (Å²) in [5, 5.41) is 2.47. The maximum absolute atomic E-state index is 13.2. The molecular formula is C9H7BrF3NO. The molecule has 6 heteroatoms. The number of halogens is 4. The number of nitrogens with one attached hydrogen (secondary N) is 1. The predicted molar refractivity (Wildman–Crippen MR) is 52.3 cm³/mol. The van der Waals surface area contributed by atoms with E-state index in [9.17, 15) is 18.0 Å². The zero-order valence-electron chi connectivity index (χ0n) is 7.70.